The number of hydrogen-bond acceptors (Lipinski definition) is 8. The number of anilines is 2. The van der Waals surface area contributed by atoms with Crippen molar-refractivity contribution in [2.75, 3.05) is 23.7 Å². The third-order valence-corrected chi connectivity index (χ3v) is 5.30. The zero-order valence-electron chi connectivity index (χ0n) is 17.5. The maximum Gasteiger partial charge on any atom is 0.256 e. The molecule has 3 aromatic heterocycles. The first-order valence-electron chi connectivity index (χ1n) is 10.5. The Balaban J connectivity index is 1.32. The number of carbonyl (C=O) groups excluding carboxylic acids is 1. The van der Waals surface area contributed by atoms with E-state index in [0.717, 1.165) is 24.9 Å². The van der Waals surface area contributed by atoms with Crippen LogP contribution in [0.25, 0.3) is 11.0 Å². The molecule has 1 amide bonds. The Morgan fingerprint density at radius 1 is 1.15 bits per heavy atom. The van der Waals surface area contributed by atoms with Gasteiger partial charge >= 0.3 is 0 Å². The Labute approximate surface area is 189 Å². The smallest absolute Gasteiger partial charge is 0.256 e. The van der Waals surface area contributed by atoms with Crippen molar-refractivity contribution in [1.82, 2.24) is 25.5 Å². The third kappa shape index (κ3) is 4.44. The molecule has 10 heteroatoms. The normalized spacial score (nSPS) is 15.2. The van der Waals surface area contributed by atoms with E-state index in [1.807, 2.05) is 6.07 Å². The van der Waals surface area contributed by atoms with Crippen LogP contribution in [0.3, 0.4) is 0 Å². The standard InChI is InChI=1S/C23H20N8O2/c24-12-14-5-9-26-19(11-14)29-23(32)15-1-3-17(4-2-15)33-18-7-10-27-21-20(18)22(31-30-21)28-16-6-8-25-13-16/h1-5,7,9-11,16,25H,6,8,13H2,(H,26,29,32)(H2,27,28,30,31)/t16-/m1/s1. The van der Waals surface area contributed by atoms with Gasteiger partial charge in [-0.15, -0.1) is 0 Å². The Hall–Kier alpha value is -4.49. The van der Waals surface area contributed by atoms with Gasteiger partial charge in [0, 0.05) is 36.6 Å². The molecular formula is C23H20N8O2. The Morgan fingerprint density at radius 3 is 2.79 bits per heavy atom. The molecule has 1 aliphatic rings. The highest BCUT2D eigenvalue weighted by Crippen LogP contribution is 2.33. The van der Waals surface area contributed by atoms with Crippen LogP contribution in [0.1, 0.15) is 22.3 Å². The van der Waals surface area contributed by atoms with Crippen molar-refractivity contribution in [3.05, 3.63) is 66.0 Å². The second-order valence-corrected chi connectivity index (χ2v) is 7.56. The number of nitriles is 1. The summed E-state index contributed by atoms with van der Waals surface area (Å²) < 4.78 is 6.10. The number of benzene rings is 1. The van der Waals surface area contributed by atoms with Crippen LogP contribution < -0.4 is 20.7 Å². The van der Waals surface area contributed by atoms with Gasteiger partial charge in [0.25, 0.3) is 5.91 Å². The number of nitrogens with zero attached hydrogens (tertiary/aromatic N) is 4. The third-order valence-electron chi connectivity index (χ3n) is 5.30. The van der Waals surface area contributed by atoms with Crippen LogP contribution in [0, 0.1) is 11.3 Å². The SMILES string of the molecule is N#Cc1ccnc(NC(=O)c2ccc(Oc3ccnc4[nH]nc(N[C@@H]5CCNC5)c34)cc2)c1. The minimum absolute atomic E-state index is 0.297. The lowest BCUT2D eigenvalue weighted by atomic mass is 10.2. The Kier molecular flexibility index (Phi) is 5.53. The minimum atomic E-state index is -0.332. The Morgan fingerprint density at radius 2 is 2.00 bits per heavy atom. The summed E-state index contributed by atoms with van der Waals surface area (Å²) in [5, 5.41) is 26.5. The van der Waals surface area contributed by atoms with Crippen molar-refractivity contribution >= 4 is 28.6 Å². The fourth-order valence-electron chi connectivity index (χ4n) is 3.64. The van der Waals surface area contributed by atoms with Gasteiger partial charge < -0.3 is 20.7 Å². The van der Waals surface area contributed by atoms with Gasteiger partial charge in [0.05, 0.1) is 11.6 Å². The molecule has 0 unspecified atom stereocenters. The van der Waals surface area contributed by atoms with Gasteiger partial charge in [0.15, 0.2) is 11.5 Å². The lowest BCUT2D eigenvalue weighted by Crippen LogP contribution is -2.22. The summed E-state index contributed by atoms with van der Waals surface area (Å²) in [4.78, 5) is 20.9. The molecular weight excluding hydrogens is 420 g/mol. The van der Waals surface area contributed by atoms with Crippen molar-refractivity contribution in [3.8, 4) is 17.6 Å². The first-order chi connectivity index (χ1) is 16.2. The van der Waals surface area contributed by atoms with E-state index < -0.39 is 0 Å². The van der Waals surface area contributed by atoms with E-state index in [1.54, 1.807) is 42.6 Å². The molecule has 1 aromatic carbocycles. The van der Waals surface area contributed by atoms with Crippen molar-refractivity contribution < 1.29 is 9.53 Å². The molecule has 0 radical (unpaired) electrons. The molecule has 5 rings (SSSR count). The monoisotopic (exact) mass is 440 g/mol. The highest BCUT2D eigenvalue weighted by atomic mass is 16.5. The molecule has 10 nitrogen and oxygen atoms in total. The van der Waals surface area contributed by atoms with Crippen LogP contribution in [0.15, 0.2) is 54.9 Å². The van der Waals surface area contributed by atoms with Crippen molar-refractivity contribution in [2.45, 2.75) is 12.5 Å². The van der Waals surface area contributed by atoms with Crippen LogP contribution in [0.4, 0.5) is 11.6 Å². The van der Waals surface area contributed by atoms with E-state index in [2.05, 4.69) is 36.1 Å². The molecule has 1 saturated heterocycles. The number of pyridine rings is 2. The number of aromatic amines is 1. The molecule has 4 N–H and O–H groups in total. The van der Waals surface area contributed by atoms with Gasteiger partial charge in [-0.25, -0.2) is 9.97 Å². The molecule has 1 atom stereocenters. The number of hydrogen-bond donors (Lipinski definition) is 4. The number of fused-ring (bicyclic) bond motifs is 1. The quantitative estimate of drug-likeness (QED) is 0.359. The van der Waals surface area contributed by atoms with Gasteiger partial charge in [-0.2, -0.15) is 10.4 Å². The molecule has 0 spiro atoms. The fourth-order valence-corrected chi connectivity index (χ4v) is 3.64. The number of aromatic nitrogens is 4. The Bertz CT molecular complexity index is 1340. The summed E-state index contributed by atoms with van der Waals surface area (Å²) in [5.41, 5.74) is 1.49. The number of carbonyl (C=O) groups is 1. The fraction of sp³-hybridized carbons (Fsp3) is 0.174. The molecule has 4 aromatic rings. The van der Waals surface area contributed by atoms with E-state index in [-0.39, 0.29) is 5.91 Å². The van der Waals surface area contributed by atoms with E-state index >= 15 is 0 Å². The molecule has 1 fully saturated rings. The molecule has 1 aliphatic heterocycles. The van der Waals surface area contributed by atoms with Gasteiger partial charge in [-0.3, -0.25) is 9.89 Å². The lowest BCUT2D eigenvalue weighted by Gasteiger charge is -2.12. The number of amides is 1. The topological polar surface area (TPSA) is 141 Å². The van der Waals surface area contributed by atoms with E-state index in [4.69, 9.17) is 10.00 Å². The molecule has 33 heavy (non-hydrogen) atoms. The summed E-state index contributed by atoms with van der Waals surface area (Å²) in [6, 6.07) is 13.9. The largest absolute Gasteiger partial charge is 0.456 e. The van der Waals surface area contributed by atoms with Crippen LogP contribution in [-0.2, 0) is 0 Å². The lowest BCUT2D eigenvalue weighted by molar-refractivity contribution is 0.102. The zero-order valence-corrected chi connectivity index (χ0v) is 17.5. The predicted molar refractivity (Wildman–Crippen MR) is 122 cm³/mol. The molecule has 164 valence electrons. The molecule has 0 bridgehead atoms. The minimum Gasteiger partial charge on any atom is -0.456 e. The van der Waals surface area contributed by atoms with Crippen molar-refractivity contribution in [3.63, 3.8) is 0 Å². The number of nitrogens with one attached hydrogen (secondary N) is 4. The van der Waals surface area contributed by atoms with Gasteiger partial charge in [0.2, 0.25) is 0 Å². The number of H-pyrrole nitrogens is 1. The van der Waals surface area contributed by atoms with Crippen LogP contribution >= 0.6 is 0 Å². The van der Waals surface area contributed by atoms with Crippen LogP contribution in [-0.4, -0.2) is 45.2 Å². The van der Waals surface area contributed by atoms with Gasteiger partial charge in [-0.05, 0) is 49.4 Å². The van der Waals surface area contributed by atoms with Gasteiger partial charge in [-0.1, -0.05) is 0 Å². The summed E-state index contributed by atoms with van der Waals surface area (Å²) in [5.74, 6) is 1.86. The van der Waals surface area contributed by atoms with Crippen molar-refractivity contribution in [1.29, 1.82) is 5.26 Å². The molecule has 0 saturated carbocycles. The van der Waals surface area contributed by atoms with E-state index in [0.29, 0.717) is 46.0 Å². The summed E-state index contributed by atoms with van der Waals surface area (Å²) in [6.07, 6.45) is 4.15. The number of ether oxygens (including phenoxy) is 1. The number of rotatable bonds is 6. The van der Waals surface area contributed by atoms with Crippen LogP contribution in [0.2, 0.25) is 0 Å². The van der Waals surface area contributed by atoms with E-state index in [9.17, 15) is 4.79 Å². The predicted octanol–water partition coefficient (Wildman–Crippen LogP) is 3.04. The second kappa shape index (κ2) is 8.94. The highest BCUT2D eigenvalue weighted by molar-refractivity contribution is 6.03. The van der Waals surface area contributed by atoms with Gasteiger partial charge in [0.1, 0.15) is 22.7 Å². The van der Waals surface area contributed by atoms with Crippen LogP contribution in [0.5, 0.6) is 11.5 Å². The first-order valence-corrected chi connectivity index (χ1v) is 10.5. The summed E-state index contributed by atoms with van der Waals surface area (Å²) >= 11 is 0. The van der Waals surface area contributed by atoms with E-state index in [1.165, 1.54) is 12.3 Å². The summed E-state index contributed by atoms with van der Waals surface area (Å²) in [7, 11) is 0. The second-order valence-electron chi connectivity index (χ2n) is 7.56. The average Bonchev–Trinajstić information content (AvgIpc) is 3.51. The zero-order chi connectivity index (χ0) is 22.6. The summed E-state index contributed by atoms with van der Waals surface area (Å²) in [6.45, 7) is 1.85. The maximum atomic E-state index is 12.5. The van der Waals surface area contributed by atoms with Crippen molar-refractivity contribution in [2.24, 2.45) is 0 Å². The first kappa shape index (κ1) is 20.4. The molecule has 4 heterocycles. The highest BCUT2D eigenvalue weighted by Gasteiger charge is 2.19. The maximum absolute atomic E-state index is 12.5. The molecule has 0 aliphatic carbocycles. The average molecular weight is 440 g/mol.